The topological polar surface area (TPSA) is 89.3 Å². The molecule has 2 atom stereocenters. The van der Waals surface area contributed by atoms with Gasteiger partial charge in [0, 0.05) is 26.3 Å². The fourth-order valence-corrected chi connectivity index (χ4v) is 4.52. The number of alkyl halides is 2. The Kier molecular flexibility index (Phi) is 7.06. The average Bonchev–Trinajstić information content (AvgIpc) is 3.29. The summed E-state index contributed by atoms with van der Waals surface area (Å²) in [5, 5.41) is 3.40. The van der Waals surface area contributed by atoms with Gasteiger partial charge in [-0.3, -0.25) is 14.2 Å². The van der Waals surface area contributed by atoms with Gasteiger partial charge in [0.25, 0.3) is 17.9 Å². The van der Waals surface area contributed by atoms with Crippen LogP contribution in [0.5, 0.6) is 0 Å². The molecule has 0 aliphatic carbocycles. The van der Waals surface area contributed by atoms with E-state index < -0.39 is 35.3 Å². The minimum absolute atomic E-state index is 0.0372. The van der Waals surface area contributed by atoms with Crippen molar-refractivity contribution in [3.63, 3.8) is 0 Å². The lowest BCUT2D eigenvalue weighted by molar-refractivity contribution is 0.0628. The number of halogens is 3. The number of hydrogen-bond acceptors (Lipinski definition) is 6. The summed E-state index contributed by atoms with van der Waals surface area (Å²) in [6.45, 7) is 2.49. The smallest absolute Gasteiger partial charge is 0.266 e. The highest BCUT2D eigenvalue weighted by molar-refractivity contribution is 5.99. The number of amides is 1. The van der Waals surface area contributed by atoms with Crippen LogP contribution in [0, 0.1) is 5.82 Å². The van der Waals surface area contributed by atoms with Gasteiger partial charge < -0.3 is 15.0 Å². The first-order valence-corrected chi connectivity index (χ1v) is 11.2. The van der Waals surface area contributed by atoms with Crippen molar-refractivity contribution < 1.29 is 22.7 Å². The van der Waals surface area contributed by atoms with E-state index in [0.717, 1.165) is 18.9 Å². The SMILES string of the molecule is COC[C@H]1CCCN1C(=O)c1cc2c(N[C@H](C)c3cccc(C(F)F)c3F)ncnc2n(C)c1=O. The zero-order valence-electron chi connectivity index (χ0n) is 19.6. The summed E-state index contributed by atoms with van der Waals surface area (Å²) in [6.07, 6.45) is -0.119. The van der Waals surface area contributed by atoms with Crippen molar-refractivity contribution in [1.82, 2.24) is 19.4 Å². The normalized spacial score (nSPS) is 16.8. The summed E-state index contributed by atoms with van der Waals surface area (Å²) in [5.74, 6) is -1.17. The summed E-state index contributed by atoms with van der Waals surface area (Å²) in [4.78, 5) is 36.4. The highest BCUT2D eigenvalue weighted by Gasteiger charge is 2.31. The van der Waals surface area contributed by atoms with Crippen LogP contribution in [0.3, 0.4) is 0 Å². The second kappa shape index (κ2) is 10.0. The molecule has 8 nitrogen and oxygen atoms in total. The highest BCUT2D eigenvalue weighted by Crippen LogP contribution is 2.30. The number of carbonyl (C=O) groups is 1. The minimum Gasteiger partial charge on any atom is -0.383 e. The molecule has 0 unspecified atom stereocenters. The van der Waals surface area contributed by atoms with Gasteiger partial charge in [0.15, 0.2) is 0 Å². The molecule has 3 heterocycles. The zero-order chi connectivity index (χ0) is 25.3. The Morgan fingerprint density at radius 1 is 1.29 bits per heavy atom. The van der Waals surface area contributed by atoms with Gasteiger partial charge in [-0.05, 0) is 25.8 Å². The summed E-state index contributed by atoms with van der Waals surface area (Å²) in [6, 6.07) is 4.39. The summed E-state index contributed by atoms with van der Waals surface area (Å²) < 4.78 is 47.5. The first-order chi connectivity index (χ1) is 16.7. The second-order valence-corrected chi connectivity index (χ2v) is 8.55. The maximum Gasteiger partial charge on any atom is 0.266 e. The third-order valence-corrected chi connectivity index (χ3v) is 6.35. The molecular formula is C24H26F3N5O3. The van der Waals surface area contributed by atoms with Gasteiger partial charge in [-0.1, -0.05) is 18.2 Å². The number of aromatic nitrogens is 3. The van der Waals surface area contributed by atoms with Crippen molar-refractivity contribution in [1.29, 1.82) is 0 Å². The number of benzene rings is 1. The Bertz CT molecular complexity index is 1310. The molecular weight excluding hydrogens is 463 g/mol. The number of nitrogens with zero attached hydrogens (tertiary/aromatic N) is 4. The molecule has 0 spiro atoms. The van der Waals surface area contributed by atoms with Crippen LogP contribution in [-0.4, -0.2) is 51.6 Å². The second-order valence-electron chi connectivity index (χ2n) is 8.55. The van der Waals surface area contributed by atoms with Crippen molar-refractivity contribution in [2.45, 2.75) is 38.3 Å². The van der Waals surface area contributed by atoms with Gasteiger partial charge in [0.05, 0.1) is 29.6 Å². The van der Waals surface area contributed by atoms with E-state index in [1.807, 2.05) is 0 Å². The Hall–Kier alpha value is -3.47. The van der Waals surface area contributed by atoms with E-state index in [-0.39, 0.29) is 28.6 Å². The van der Waals surface area contributed by atoms with Gasteiger partial charge in [-0.15, -0.1) is 0 Å². The molecule has 0 radical (unpaired) electrons. The molecule has 35 heavy (non-hydrogen) atoms. The van der Waals surface area contributed by atoms with E-state index in [0.29, 0.717) is 18.5 Å². The maximum atomic E-state index is 14.7. The number of nitrogens with one attached hydrogen (secondary N) is 1. The molecule has 1 fully saturated rings. The van der Waals surface area contributed by atoms with Crippen molar-refractivity contribution in [3.8, 4) is 0 Å². The number of likely N-dealkylation sites (tertiary alicyclic amines) is 1. The number of aryl methyl sites for hydroxylation is 1. The van der Waals surface area contributed by atoms with E-state index in [9.17, 15) is 22.8 Å². The fourth-order valence-electron chi connectivity index (χ4n) is 4.52. The number of ether oxygens (including phenoxy) is 1. The Morgan fingerprint density at radius 3 is 2.74 bits per heavy atom. The molecule has 186 valence electrons. The summed E-state index contributed by atoms with van der Waals surface area (Å²) in [5.41, 5.74) is -0.920. The third-order valence-electron chi connectivity index (χ3n) is 6.35. The molecule has 0 saturated carbocycles. The molecule has 0 bridgehead atoms. The Balaban J connectivity index is 1.74. The first-order valence-electron chi connectivity index (χ1n) is 11.2. The number of hydrogen-bond donors (Lipinski definition) is 1. The fraction of sp³-hybridized carbons (Fsp3) is 0.417. The van der Waals surface area contributed by atoms with Crippen LogP contribution in [0.2, 0.25) is 0 Å². The van der Waals surface area contributed by atoms with Gasteiger partial charge in [-0.2, -0.15) is 0 Å². The molecule has 1 aromatic carbocycles. The summed E-state index contributed by atoms with van der Waals surface area (Å²) >= 11 is 0. The van der Waals surface area contributed by atoms with E-state index >= 15 is 0 Å². The monoisotopic (exact) mass is 489 g/mol. The molecule has 1 amide bonds. The van der Waals surface area contributed by atoms with E-state index in [1.54, 1.807) is 18.9 Å². The van der Waals surface area contributed by atoms with Crippen molar-refractivity contribution in [3.05, 3.63) is 63.5 Å². The number of methoxy groups -OCH3 is 1. The van der Waals surface area contributed by atoms with Crippen LogP contribution in [-0.2, 0) is 11.8 Å². The van der Waals surface area contributed by atoms with Crippen LogP contribution < -0.4 is 10.9 Å². The average molecular weight is 489 g/mol. The van der Waals surface area contributed by atoms with Crippen molar-refractivity contribution >= 4 is 22.8 Å². The molecule has 4 rings (SSSR count). The van der Waals surface area contributed by atoms with Crippen LogP contribution in [0.1, 0.15) is 53.7 Å². The molecule has 2 aromatic heterocycles. The maximum absolute atomic E-state index is 14.7. The molecule has 11 heteroatoms. The zero-order valence-corrected chi connectivity index (χ0v) is 19.6. The van der Waals surface area contributed by atoms with Crippen LogP contribution in [0.25, 0.3) is 11.0 Å². The lowest BCUT2D eigenvalue weighted by atomic mass is 10.0. The molecule has 3 aromatic rings. The van der Waals surface area contributed by atoms with Crippen LogP contribution >= 0.6 is 0 Å². The van der Waals surface area contributed by atoms with E-state index in [2.05, 4.69) is 15.3 Å². The number of pyridine rings is 1. The summed E-state index contributed by atoms with van der Waals surface area (Å²) in [7, 11) is 3.07. The quantitative estimate of drug-likeness (QED) is 0.543. The van der Waals surface area contributed by atoms with Gasteiger partial charge in [0.1, 0.15) is 29.2 Å². The minimum atomic E-state index is -2.95. The first kappa shape index (κ1) is 24.6. The number of fused-ring (bicyclic) bond motifs is 1. The van der Waals surface area contributed by atoms with Crippen LogP contribution in [0.15, 0.2) is 35.4 Å². The standard InChI is InChI=1S/C24H26F3N5O3/c1-13(15-7-4-8-16(19(15)25)20(26)27)30-21-17-10-18(23(33)31(2)22(17)29-12-28-21)24(34)32-9-5-6-14(32)11-35-3/h4,7-8,10,12-14,20H,5-6,9,11H2,1-3H3,(H,28,29,30)/t13-,14-/m1/s1. The van der Waals surface area contributed by atoms with Crippen molar-refractivity contribution in [2.24, 2.45) is 7.05 Å². The Morgan fingerprint density at radius 2 is 2.03 bits per heavy atom. The van der Waals surface area contributed by atoms with Crippen LogP contribution in [0.4, 0.5) is 19.0 Å². The lowest BCUT2D eigenvalue weighted by Gasteiger charge is -2.24. The number of carbonyl (C=O) groups excluding carboxylic acids is 1. The Labute approximate surface area is 199 Å². The third kappa shape index (κ3) is 4.60. The predicted octanol–water partition coefficient (Wildman–Crippen LogP) is 3.83. The van der Waals surface area contributed by atoms with E-state index in [4.69, 9.17) is 4.74 Å². The van der Waals surface area contributed by atoms with E-state index in [1.165, 1.54) is 36.1 Å². The molecule has 1 aliphatic rings. The van der Waals surface area contributed by atoms with Crippen molar-refractivity contribution in [2.75, 3.05) is 25.6 Å². The molecule has 1 saturated heterocycles. The molecule has 1 N–H and O–H groups in total. The number of anilines is 1. The largest absolute Gasteiger partial charge is 0.383 e. The van der Waals surface area contributed by atoms with Gasteiger partial charge >= 0.3 is 0 Å². The van der Waals surface area contributed by atoms with Gasteiger partial charge in [0.2, 0.25) is 0 Å². The predicted molar refractivity (Wildman–Crippen MR) is 124 cm³/mol. The lowest BCUT2D eigenvalue weighted by Crippen LogP contribution is -2.41. The van der Waals surface area contributed by atoms with Gasteiger partial charge in [-0.25, -0.2) is 23.1 Å². The molecule has 1 aliphatic heterocycles. The highest BCUT2D eigenvalue weighted by atomic mass is 19.3. The number of rotatable bonds is 7.